The van der Waals surface area contributed by atoms with Gasteiger partial charge in [0.05, 0.1) is 4.90 Å². The predicted octanol–water partition coefficient (Wildman–Crippen LogP) is 2.34. The SMILES string of the molecule is Cc1cc(Sc2ccccc2S(C)(=O)=O)ncn1. The molecule has 0 aliphatic heterocycles. The molecule has 0 fully saturated rings. The Hall–Kier alpha value is -1.40. The second-order valence-corrected chi connectivity index (χ2v) is 6.86. The van der Waals surface area contributed by atoms with Gasteiger partial charge in [0.2, 0.25) is 0 Å². The molecule has 18 heavy (non-hydrogen) atoms. The summed E-state index contributed by atoms with van der Waals surface area (Å²) in [5.74, 6) is 0. The third kappa shape index (κ3) is 3.08. The Morgan fingerprint density at radius 3 is 2.56 bits per heavy atom. The number of rotatable bonds is 3. The maximum absolute atomic E-state index is 11.7. The molecule has 0 aliphatic carbocycles. The topological polar surface area (TPSA) is 59.9 Å². The van der Waals surface area contributed by atoms with Crippen molar-refractivity contribution >= 4 is 21.6 Å². The van der Waals surface area contributed by atoms with Gasteiger partial charge in [-0.1, -0.05) is 23.9 Å². The highest BCUT2D eigenvalue weighted by atomic mass is 32.2. The molecule has 0 amide bonds. The van der Waals surface area contributed by atoms with Crippen molar-refractivity contribution in [2.45, 2.75) is 21.7 Å². The van der Waals surface area contributed by atoms with Gasteiger partial charge in [0.15, 0.2) is 9.84 Å². The number of aryl methyl sites for hydroxylation is 1. The van der Waals surface area contributed by atoms with E-state index in [0.717, 1.165) is 10.7 Å². The van der Waals surface area contributed by atoms with Crippen LogP contribution in [0.25, 0.3) is 0 Å². The molecule has 0 spiro atoms. The lowest BCUT2D eigenvalue weighted by molar-refractivity contribution is 0.600. The summed E-state index contributed by atoms with van der Waals surface area (Å²) in [6, 6.07) is 8.73. The van der Waals surface area contributed by atoms with Gasteiger partial charge in [-0.05, 0) is 25.1 Å². The van der Waals surface area contributed by atoms with Crippen LogP contribution >= 0.6 is 11.8 Å². The molecule has 1 aromatic carbocycles. The molecule has 0 saturated heterocycles. The molecular formula is C12H12N2O2S2. The number of benzene rings is 1. The lowest BCUT2D eigenvalue weighted by Gasteiger charge is -2.06. The molecule has 6 heteroatoms. The van der Waals surface area contributed by atoms with Gasteiger partial charge in [-0.2, -0.15) is 0 Å². The number of hydrogen-bond donors (Lipinski definition) is 0. The Bertz CT molecular complexity index is 669. The zero-order valence-electron chi connectivity index (χ0n) is 9.99. The third-order valence-electron chi connectivity index (χ3n) is 2.24. The van der Waals surface area contributed by atoms with Crippen LogP contribution in [0.1, 0.15) is 5.69 Å². The van der Waals surface area contributed by atoms with Crippen molar-refractivity contribution in [2.24, 2.45) is 0 Å². The fourth-order valence-corrected chi connectivity index (χ4v) is 3.65. The number of aromatic nitrogens is 2. The van der Waals surface area contributed by atoms with Crippen molar-refractivity contribution in [2.75, 3.05) is 6.26 Å². The third-order valence-corrected chi connectivity index (χ3v) is 4.53. The summed E-state index contributed by atoms with van der Waals surface area (Å²) in [6.07, 6.45) is 2.68. The van der Waals surface area contributed by atoms with E-state index in [-0.39, 0.29) is 0 Å². The van der Waals surface area contributed by atoms with Crippen LogP contribution < -0.4 is 0 Å². The summed E-state index contributed by atoms with van der Waals surface area (Å²) in [5.41, 5.74) is 0.851. The van der Waals surface area contributed by atoms with Crippen LogP contribution in [0, 0.1) is 6.92 Å². The molecule has 0 aliphatic rings. The van der Waals surface area contributed by atoms with E-state index in [9.17, 15) is 8.42 Å². The maximum Gasteiger partial charge on any atom is 0.176 e. The van der Waals surface area contributed by atoms with Gasteiger partial charge < -0.3 is 0 Å². The minimum atomic E-state index is -3.23. The van der Waals surface area contributed by atoms with Crippen LogP contribution in [0.3, 0.4) is 0 Å². The molecule has 2 aromatic rings. The van der Waals surface area contributed by atoms with E-state index in [4.69, 9.17) is 0 Å². The fraction of sp³-hybridized carbons (Fsp3) is 0.167. The first-order valence-corrected chi connectivity index (χ1v) is 7.93. The quantitative estimate of drug-likeness (QED) is 0.808. The summed E-state index contributed by atoms with van der Waals surface area (Å²) in [6.45, 7) is 1.87. The smallest absolute Gasteiger partial charge is 0.176 e. The molecule has 0 unspecified atom stereocenters. The molecule has 0 bridgehead atoms. The molecule has 0 atom stereocenters. The van der Waals surface area contributed by atoms with Crippen LogP contribution in [-0.2, 0) is 9.84 Å². The van der Waals surface area contributed by atoms with Gasteiger partial charge >= 0.3 is 0 Å². The highest BCUT2D eigenvalue weighted by Crippen LogP contribution is 2.31. The molecular weight excluding hydrogens is 268 g/mol. The van der Waals surface area contributed by atoms with Gasteiger partial charge in [0.1, 0.15) is 11.4 Å². The van der Waals surface area contributed by atoms with E-state index in [1.807, 2.05) is 19.1 Å². The lowest BCUT2D eigenvalue weighted by atomic mass is 10.4. The standard InChI is InChI=1S/C12H12N2O2S2/c1-9-7-12(14-8-13-9)17-10-5-3-4-6-11(10)18(2,15)16/h3-8H,1-2H3. The van der Waals surface area contributed by atoms with Crippen LogP contribution in [0.4, 0.5) is 0 Å². The van der Waals surface area contributed by atoms with Crippen molar-refractivity contribution < 1.29 is 8.42 Å². The highest BCUT2D eigenvalue weighted by Gasteiger charge is 2.13. The van der Waals surface area contributed by atoms with E-state index >= 15 is 0 Å². The van der Waals surface area contributed by atoms with Crippen LogP contribution in [0.15, 0.2) is 51.5 Å². The summed E-state index contributed by atoms with van der Waals surface area (Å²) >= 11 is 1.32. The Morgan fingerprint density at radius 1 is 1.17 bits per heavy atom. The number of hydrogen-bond acceptors (Lipinski definition) is 5. The van der Waals surface area contributed by atoms with Gasteiger partial charge in [-0.15, -0.1) is 0 Å². The Balaban J connectivity index is 2.41. The average molecular weight is 280 g/mol. The Morgan fingerprint density at radius 2 is 1.89 bits per heavy atom. The fourth-order valence-electron chi connectivity index (χ4n) is 1.44. The first-order valence-electron chi connectivity index (χ1n) is 5.22. The summed E-state index contributed by atoms with van der Waals surface area (Å²) in [4.78, 5) is 9.13. The minimum Gasteiger partial charge on any atom is -0.242 e. The van der Waals surface area contributed by atoms with Crippen molar-refractivity contribution in [1.82, 2.24) is 9.97 Å². The highest BCUT2D eigenvalue weighted by molar-refractivity contribution is 8.00. The van der Waals surface area contributed by atoms with Crippen molar-refractivity contribution in [3.63, 3.8) is 0 Å². The maximum atomic E-state index is 11.7. The first-order chi connectivity index (χ1) is 8.47. The number of sulfone groups is 1. The molecule has 94 valence electrons. The van der Waals surface area contributed by atoms with Crippen molar-refractivity contribution in [1.29, 1.82) is 0 Å². The molecule has 2 rings (SSSR count). The average Bonchev–Trinajstić information content (AvgIpc) is 2.28. The van der Waals surface area contributed by atoms with Crippen molar-refractivity contribution in [3.8, 4) is 0 Å². The summed E-state index contributed by atoms with van der Waals surface area (Å²) in [5, 5.41) is 0.735. The number of nitrogens with zero attached hydrogens (tertiary/aromatic N) is 2. The van der Waals surface area contributed by atoms with E-state index in [1.54, 1.807) is 18.2 Å². The van der Waals surface area contributed by atoms with Crippen LogP contribution in [0.5, 0.6) is 0 Å². The van der Waals surface area contributed by atoms with E-state index in [2.05, 4.69) is 9.97 Å². The van der Waals surface area contributed by atoms with Crippen LogP contribution in [-0.4, -0.2) is 24.6 Å². The van der Waals surface area contributed by atoms with Gasteiger partial charge in [-0.25, -0.2) is 18.4 Å². The zero-order chi connectivity index (χ0) is 13.2. The van der Waals surface area contributed by atoms with Gasteiger partial charge in [0.25, 0.3) is 0 Å². The Kier molecular flexibility index (Phi) is 3.68. The minimum absolute atomic E-state index is 0.325. The Labute approximate surface area is 110 Å². The van der Waals surface area contributed by atoms with Crippen LogP contribution in [0.2, 0.25) is 0 Å². The molecule has 0 radical (unpaired) electrons. The molecule has 1 aromatic heterocycles. The monoisotopic (exact) mass is 280 g/mol. The van der Waals surface area contributed by atoms with E-state index in [0.29, 0.717) is 9.79 Å². The molecule has 0 saturated carbocycles. The molecule has 0 N–H and O–H groups in total. The zero-order valence-corrected chi connectivity index (χ0v) is 11.6. The van der Waals surface area contributed by atoms with E-state index < -0.39 is 9.84 Å². The normalized spacial score (nSPS) is 11.4. The van der Waals surface area contributed by atoms with E-state index in [1.165, 1.54) is 24.3 Å². The summed E-state index contributed by atoms with van der Waals surface area (Å²) in [7, 11) is -3.23. The predicted molar refractivity (Wildman–Crippen MR) is 70.4 cm³/mol. The first kappa shape index (κ1) is 13.0. The van der Waals surface area contributed by atoms with Crippen molar-refractivity contribution in [3.05, 3.63) is 42.4 Å². The molecule has 1 heterocycles. The van der Waals surface area contributed by atoms with Gasteiger partial charge in [-0.3, -0.25) is 0 Å². The largest absolute Gasteiger partial charge is 0.242 e. The summed E-state index contributed by atoms with van der Waals surface area (Å²) < 4.78 is 23.3. The second kappa shape index (κ2) is 5.07. The molecule has 4 nitrogen and oxygen atoms in total. The lowest BCUT2D eigenvalue weighted by Crippen LogP contribution is -1.99. The second-order valence-electron chi connectivity index (χ2n) is 3.82. The van der Waals surface area contributed by atoms with Gasteiger partial charge in [0, 0.05) is 16.8 Å².